The molecule has 0 bridgehead atoms. The summed E-state index contributed by atoms with van der Waals surface area (Å²) in [6, 6.07) is 4.87. The van der Waals surface area contributed by atoms with Crippen molar-refractivity contribution in [2.75, 3.05) is 6.61 Å². The third kappa shape index (κ3) is 4.60. The Morgan fingerprint density at radius 2 is 2.00 bits per heavy atom. The van der Waals surface area contributed by atoms with Crippen LogP contribution in [0.3, 0.4) is 0 Å². The van der Waals surface area contributed by atoms with E-state index in [1.807, 2.05) is 0 Å². The predicted molar refractivity (Wildman–Crippen MR) is 86.0 cm³/mol. The van der Waals surface area contributed by atoms with Crippen LogP contribution in [-0.4, -0.2) is 23.7 Å². The summed E-state index contributed by atoms with van der Waals surface area (Å²) in [6.45, 7) is 0.0792. The monoisotopic (exact) mass is 329 g/mol. The second-order valence-corrected chi connectivity index (χ2v) is 6.46. The highest BCUT2D eigenvalue weighted by molar-refractivity contribution is 6.36. The Kier molecular flexibility index (Phi) is 6.34. The number of benzene rings is 1. The molecule has 5 heteroatoms. The van der Waals surface area contributed by atoms with E-state index in [0.717, 1.165) is 12.8 Å². The third-order valence-corrected chi connectivity index (χ3v) is 4.70. The van der Waals surface area contributed by atoms with Gasteiger partial charge in [0.05, 0.1) is 10.6 Å². The molecule has 1 aromatic carbocycles. The average Bonchev–Trinajstić information content (AvgIpc) is 2.47. The maximum atomic E-state index is 12.4. The van der Waals surface area contributed by atoms with Gasteiger partial charge in [0.25, 0.3) is 5.91 Å². The van der Waals surface area contributed by atoms with Crippen LogP contribution in [0.15, 0.2) is 18.2 Å². The van der Waals surface area contributed by atoms with E-state index in [4.69, 9.17) is 23.2 Å². The molecule has 1 amide bonds. The van der Waals surface area contributed by atoms with Crippen LogP contribution in [0.5, 0.6) is 0 Å². The molecule has 1 aromatic rings. The summed E-state index contributed by atoms with van der Waals surface area (Å²) in [6.07, 6.45) is 6.47. The van der Waals surface area contributed by atoms with Crippen LogP contribution in [0.25, 0.3) is 0 Å². The summed E-state index contributed by atoms with van der Waals surface area (Å²) >= 11 is 11.9. The lowest BCUT2D eigenvalue weighted by atomic mass is 9.82. The standard InChI is InChI=1S/C16H21Cl2NO2/c17-12-6-7-13(14(18)10-12)16(21)19-15(8-9-20)11-4-2-1-3-5-11/h6-7,10-11,15,20H,1-5,8-9H2,(H,19,21)/t15-/m1/s1. The molecule has 1 fully saturated rings. The molecule has 0 saturated heterocycles. The smallest absolute Gasteiger partial charge is 0.253 e. The summed E-state index contributed by atoms with van der Waals surface area (Å²) in [7, 11) is 0. The van der Waals surface area contributed by atoms with E-state index >= 15 is 0 Å². The van der Waals surface area contributed by atoms with Crippen molar-refractivity contribution in [1.29, 1.82) is 0 Å². The van der Waals surface area contributed by atoms with Crippen molar-refractivity contribution in [2.45, 2.75) is 44.6 Å². The molecule has 1 saturated carbocycles. The first kappa shape index (κ1) is 16.6. The zero-order valence-corrected chi connectivity index (χ0v) is 13.5. The van der Waals surface area contributed by atoms with Gasteiger partial charge >= 0.3 is 0 Å². The van der Waals surface area contributed by atoms with Crippen LogP contribution in [0.1, 0.15) is 48.9 Å². The van der Waals surface area contributed by atoms with Crippen molar-refractivity contribution in [2.24, 2.45) is 5.92 Å². The van der Waals surface area contributed by atoms with Gasteiger partial charge in [-0.25, -0.2) is 0 Å². The second-order valence-electron chi connectivity index (χ2n) is 5.61. The highest BCUT2D eigenvalue weighted by Gasteiger charge is 2.25. The first-order valence-corrected chi connectivity index (χ1v) is 8.24. The van der Waals surface area contributed by atoms with Gasteiger partial charge in [0.15, 0.2) is 0 Å². The van der Waals surface area contributed by atoms with Crippen LogP contribution in [0, 0.1) is 5.92 Å². The fourth-order valence-corrected chi connectivity index (χ4v) is 3.52. The SMILES string of the molecule is O=C(N[C@H](CCO)C1CCCCC1)c1ccc(Cl)cc1Cl. The molecule has 2 rings (SSSR count). The van der Waals surface area contributed by atoms with Gasteiger partial charge in [0.1, 0.15) is 0 Å². The number of carbonyl (C=O) groups is 1. The molecule has 0 radical (unpaired) electrons. The van der Waals surface area contributed by atoms with Crippen LogP contribution < -0.4 is 5.32 Å². The molecule has 0 aliphatic heterocycles. The quantitative estimate of drug-likeness (QED) is 0.855. The fraction of sp³-hybridized carbons (Fsp3) is 0.562. The van der Waals surface area contributed by atoms with Gasteiger partial charge in [-0.05, 0) is 43.4 Å². The summed E-state index contributed by atoms with van der Waals surface area (Å²) in [5, 5.41) is 13.1. The Morgan fingerprint density at radius 3 is 2.62 bits per heavy atom. The molecule has 1 aliphatic rings. The Balaban J connectivity index is 2.06. The molecule has 0 heterocycles. The van der Waals surface area contributed by atoms with Crippen molar-refractivity contribution in [3.63, 3.8) is 0 Å². The first-order valence-electron chi connectivity index (χ1n) is 7.48. The maximum Gasteiger partial charge on any atom is 0.253 e. The van der Waals surface area contributed by atoms with Crippen molar-refractivity contribution in [1.82, 2.24) is 5.32 Å². The number of hydrogen-bond donors (Lipinski definition) is 2. The molecule has 1 aliphatic carbocycles. The summed E-state index contributed by atoms with van der Waals surface area (Å²) in [5.74, 6) is 0.251. The lowest BCUT2D eigenvalue weighted by molar-refractivity contribution is 0.0900. The van der Waals surface area contributed by atoms with Crippen molar-refractivity contribution < 1.29 is 9.90 Å². The van der Waals surface area contributed by atoms with Crippen LogP contribution in [0.2, 0.25) is 10.0 Å². The summed E-state index contributed by atoms with van der Waals surface area (Å²) in [5.41, 5.74) is 0.430. The first-order chi connectivity index (χ1) is 10.1. The summed E-state index contributed by atoms with van der Waals surface area (Å²) < 4.78 is 0. The Bertz CT molecular complexity index is 487. The maximum absolute atomic E-state index is 12.4. The number of hydrogen-bond acceptors (Lipinski definition) is 2. The molecule has 0 spiro atoms. The highest BCUT2D eigenvalue weighted by Crippen LogP contribution is 2.28. The summed E-state index contributed by atoms with van der Waals surface area (Å²) in [4.78, 5) is 12.4. The van der Waals surface area contributed by atoms with E-state index in [9.17, 15) is 9.90 Å². The number of carbonyl (C=O) groups excluding carboxylic acids is 1. The normalized spacial score (nSPS) is 17.5. The van der Waals surface area contributed by atoms with Crippen molar-refractivity contribution in [3.8, 4) is 0 Å². The van der Waals surface area contributed by atoms with Crippen molar-refractivity contribution in [3.05, 3.63) is 33.8 Å². The molecule has 0 unspecified atom stereocenters. The van der Waals surface area contributed by atoms with Gasteiger partial charge < -0.3 is 10.4 Å². The topological polar surface area (TPSA) is 49.3 Å². The number of amides is 1. The van der Waals surface area contributed by atoms with E-state index in [0.29, 0.717) is 27.9 Å². The molecule has 116 valence electrons. The van der Waals surface area contributed by atoms with Gasteiger partial charge in [-0.1, -0.05) is 42.5 Å². The fourth-order valence-electron chi connectivity index (χ4n) is 3.02. The van der Waals surface area contributed by atoms with Crippen molar-refractivity contribution >= 4 is 29.1 Å². The molecule has 2 N–H and O–H groups in total. The number of aliphatic hydroxyl groups is 1. The number of nitrogens with one attached hydrogen (secondary N) is 1. The Morgan fingerprint density at radius 1 is 1.29 bits per heavy atom. The third-order valence-electron chi connectivity index (χ3n) is 4.15. The molecular weight excluding hydrogens is 309 g/mol. The van der Waals surface area contributed by atoms with Gasteiger partial charge in [-0.3, -0.25) is 4.79 Å². The van der Waals surface area contributed by atoms with Gasteiger partial charge in [-0.15, -0.1) is 0 Å². The van der Waals surface area contributed by atoms with E-state index in [1.165, 1.54) is 19.3 Å². The van der Waals surface area contributed by atoms with Crippen LogP contribution >= 0.6 is 23.2 Å². The Hall–Kier alpha value is -0.770. The van der Waals surface area contributed by atoms with E-state index < -0.39 is 0 Å². The van der Waals surface area contributed by atoms with Gasteiger partial charge in [0, 0.05) is 17.7 Å². The largest absolute Gasteiger partial charge is 0.396 e. The lowest BCUT2D eigenvalue weighted by Crippen LogP contribution is -2.41. The zero-order valence-electron chi connectivity index (χ0n) is 11.9. The molecular formula is C16H21Cl2NO2. The number of halogens is 2. The zero-order chi connectivity index (χ0) is 15.2. The van der Waals surface area contributed by atoms with Crippen LogP contribution in [0.4, 0.5) is 0 Å². The molecule has 3 nitrogen and oxygen atoms in total. The minimum atomic E-state index is -0.194. The van der Waals surface area contributed by atoms with Gasteiger partial charge in [0.2, 0.25) is 0 Å². The molecule has 1 atom stereocenters. The second kappa shape index (κ2) is 8.02. The molecule has 21 heavy (non-hydrogen) atoms. The highest BCUT2D eigenvalue weighted by atomic mass is 35.5. The predicted octanol–water partition coefficient (Wildman–Crippen LogP) is 4.05. The van der Waals surface area contributed by atoms with Crippen LogP contribution in [-0.2, 0) is 0 Å². The average molecular weight is 330 g/mol. The minimum absolute atomic E-state index is 0.00884. The molecule has 0 aromatic heterocycles. The van der Waals surface area contributed by atoms with Gasteiger partial charge in [-0.2, -0.15) is 0 Å². The van der Waals surface area contributed by atoms with E-state index in [2.05, 4.69) is 5.32 Å². The van der Waals surface area contributed by atoms with E-state index in [1.54, 1.807) is 18.2 Å². The number of rotatable bonds is 5. The minimum Gasteiger partial charge on any atom is -0.396 e. The lowest BCUT2D eigenvalue weighted by Gasteiger charge is -2.30. The number of aliphatic hydroxyl groups excluding tert-OH is 1. The van der Waals surface area contributed by atoms with E-state index in [-0.39, 0.29) is 18.6 Å². The Labute approximate surface area is 135 Å².